The first-order valence-electron chi connectivity index (χ1n) is 6.57. The summed E-state index contributed by atoms with van der Waals surface area (Å²) in [7, 11) is 0. The highest BCUT2D eigenvalue weighted by Gasteiger charge is 2.22. The Kier molecular flexibility index (Phi) is 4.66. The van der Waals surface area contributed by atoms with E-state index in [2.05, 4.69) is 5.32 Å². The largest absolute Gasteiger partial charge is 0.390 e. The molecule has 0 radical (unpaired) electrons. The smallest absolute Gasteiger partial charge is 0.227 e. The van der Waals surface area contributed by atoms with Crippen LogP contribution in [0.5, 0.6) is 0 Å². The Morgan fingerprint density at radius 3 is 2.95 bits per heavy atom. The third kappa shape index (κ3) is 3.19. The number of anilines is 2. The summed E-state index contributed by atoms with van der Waals surface area (Å²) in [5.74, 6) is 0.407. The molecule has 19 heavy (non-hydrogen) atoms. The van der Waals surface area contributed by atoms with Gasteiger partial charge in [0.15, 0.2) is 0 Å². The number of halogens is 1. The summed E-state index contributed by atoms with van der Waals surface area (Å²) < 4.78 is 0. The number of alkyl halides is 1. The molecule has 0 spiro atoms. The Labute approximate surface area is 118 Å². The summed E-state index contributed by atoms with van der Waals surface area (Å²) in [6.07, 6.45) is 0.791. The van der Waals surface area contributed by atoms with Crippen LogP contribution >= 0.6 is 11.6 Å². The minimum atomic E-state index is -0.550. The standard InChI is InChI=1S/C14H19ClN2O2/c1-2-17-13-5-4-11(16-9-12(18)8-15)7-10(13)3-6-14(17)19/h4-5,7,12,16,18H,2-3,6,8-9H2,1H3. The minimum Gasteiger partial charge on any atom is -0.390 e. The molecule has 0 saturated carbocycles. The van der Waals surface area contributed by atoms with Crippen molar-refractivity contribution in [2.24, 2.45) is 0 Å². The van der Waals surface area contributed by atoms with E-state index in [9.17, 15) is 9.90 Å². The highest BCUT2D eigenvalue weighted by Crippen LogP contribution is 2.30. The molecule has 1 aromatic carbocycles. The maximum absolute atomic E-state index is 11.8. The number of benzene rings is 1. The fraction of sp³-hybridized carbons (Fsp3) is 0.500. The van der Waals surface area contributed by atoms with Gasteiger partial charge in [-0.25, -0.2) is 0 Å². The maximum atomic E-state index is 11.8. The lowest BCUT2D eigenvalue weighted by Gasteiger charge is -2.28. The molecule has 1 amide bonds. The van der Waals surface area contributed by atoms with Crippen LogP contribution in [0.1, 0.15) is 18.9 Å². The maximum Gasteiger partial charge on any atom is 0.227 e. The summed E-state index contributed by atoms with van der Waals surface area (Å²) in [6.45, 7) is 3.11. The monoisotopic (exact) mass is 282 g/mol. The van der Waals surface area contributed by atoms with Gasteiger partial charge in [0.25, 0.3) is 0 Å². The van der Waals surface area contributed by atoms with E-state index in [1.165, 1.54) is 5.56 Å². The van der Waals surface area contributed by atoms with Crippen molar-refractivity contribution in [2.75, 3.05) is 29.2 Å². The van der Waals surface area contributed by atoms with Crippen LogP contribution in [0.2, 0.25) is 0 Å². The van der Waals surface area contributed by atoms with Crippen molar-refractivity contribution in [3.05, 3.63) is 23.8 Å². The van der Waals surface area contributed by atoms with Crippen molar-refractivity contribution >= 4 is 28.9 Å². The number of carbonyl (C=O) groups excluding carboxylic acids is 1. The summed E-state index contributed by atoms with van der Waals surface area (Å²) >= 11 is 5.55. The Balaban J connectivity index is 2.13. The van der Waals surface area contributed by atoms with Gasteiger partial charge in [0.05, 0.1) is 12.0 Å². The number of fused-ring (bicyclic) bond motifs is 1. The van der Waals surface area contributed by atoms with Gasteiger partial charge in [0.1, 0.15) is 0 Å². The number of rotatable bonds is 5. The predicted molar refractivity (Wildman–Crippen MR) is 78.0 cm³/mol. The van der Waals surface area contributed by atoms with Gasteiger partial charge in [-0.15, -0.1) is 11.6 Å². The summed E-state index contributed by atoms with van der Waals surface area (Å²) in [5, 5.41) is 12.6. The third-order valence-electron chi connectivity index (χ3n) is 3.32. The molecular weight excluding hydrogens is 264 g/mol. The van der Waals surface area contributed by atoms with Crippen molar-refractivity contribution in [2.45, 2.75) is 25.9 Å². The number of aliphatic hydroxyl groups is 1. The quantitative estimate of drug-likeness (QED) is 0.812. The zero-order chi connectivity index (χ0) is 13.8. The van der Waals surface area contributed by atoms with Crippen molar-refractivity contribution in [1.29, 1.82) is 0 Å². The van der Waals surface area contributed by atoms with Gasteiger partial charge in [0.2, 0.25) is 5.91 Å². The molecule has 0 fully saturated rings. The van der Waals surface area contributed by atoms with Gasteiger partial charge >= 0.3 is 0 Å². The Hall–Kier alpha value is -1.26. The fourth-order valence-corrected chi connectivity index (χ4v) is 2.42. The van der Waals surface area contributed by atoms with E-state index in [0.29, 0.717) is 19.5 Å². The molecule has 1 unspecified atom stereocenters. The lowest BCUT2D eigenvalue weighted by molar-refractivity contribution is -0.118. The summed E-state index contributed by atoms with van der Waals surface area (Å²) in [4.78, 5) is 13.6. The van der Waals surface area contributed by atoms with E-state index < -0.39 is 6.10 Å². The van der Waals surface area contributed by atoms with Gasteiger partial charge in [-0.1, -0.05) is 0 Å². The molecule has 1 aromatic rings. The molecule has 5 heteroatoms. The molecule has 1 aliphatic heterocycles. The van der Waals surface area contributed by atoms with Crippen molar-refractivity contribution in [3.8, 4) is 0 Å². The second-order valence-electron chi connectivity index (χ2n) is 4.67. The van der Waals surface area contributed by atoms with Crippen LogP contribution in [-0.4, -0.2) is 36.1 Å². The zero-order valence-electron chi connectivity index (χ0n) is 11.0. The summed E-state index contributed by atoms with van der Waals surface area (Å²) in [5.41, 5.74) is 3.13. The SMILES string of the molecule is CCN1C(=O)CCc2cc(NCC(O)CCl)ccc21. The first kappa shape index (κ1) is 14.2. The molecule has 2 rings (SSSR count). The lowest BCUT2D eigenvalue weighted by Crippen LogP contribution is -2.34. The van der Waals surface area contributed by atoms with Crippen LogP contribution in [0.3, 0.4) is 0 Å². The molecule has 2 N–H and O–H groups in total. The van der Waals surface area contributed by atoms with Crippen molar-refractivity contribution in [3.63, 3.8) is 0 Å². The number of aryl methyl sites for hydroxylation is 1. The number of hydrogen-bond acceptors (Lipinski definition) is 3. The van der Waals surface area contributed by atoms with Gasteiger partial charge < -0.3 is 15.3 Å². The Bertz CT molecular complexity index is 465. The molecule has 0 aromatic heterocycles. The van der Waals surface area contributed by atoms with Crippen LogP contribution in [-0.2, 0) is 11.2 Å². The van der Waals surface area contributed by atoms with Gasteiger partial charge in [-0.05, 0) is 37.1 Å². The molecule has 1 atom stereocenters. The minimum absolute atomic E-state index is 0.188. The number of amides is 1. The third-order valence-corrected chi connectivity index (χ3v) is 3.67. The van der Waals surface area contributed by atoms with Crippen LogP contribution in [0, 0.1) is 0 Å². The Morgan fingerprint density at radius 1 is 1.47 bits per heavy atom. The highest BCUT2D eigenvalue weighted by molar-refractivity contribution is 6.18. The molecule has 104 valence electrons. The Morgan fingerprint density at radius 2 is 2.26 bits per heavy atom. The normalized spacial score (nSPS) is 16.2. The van der Waals surface area contributed by atoms with E-state index in [1.54, 1.807) is 0 Å². The second-order valence-corrected chi connectivity index (χ2v) is 4.98. The number of nitrogens with zero attached hydrogens (tertiary/aromatic N) is 1. The molecule has 0 aliphatic carbocycles. The van der Waals surface area contributed by atoms with Gasteiger partial charge in [-0.2, -0.15) is 0 Å². The van der Waals surface area contributed by atoms with E-state index in [4.69, 9.17) is 11.6 Å². The van der Waals surface area contributed by atoms with E-state index >= 15 is 0 Å². The average molecular weight is 283 g/mol. The summed E-state index contributed by atoms with van der Waals surface area (Å²) in [6, 6.07) is 5.94. The van der Waals surface area contributed by atoms with Crippen molar-refractivity contribution in [1.82, 2.24) is 0 Å². The molecule has 0 bridgehead atoms. The molecule has 4 nitrogen and oxygen atoms in total. The predicted octanol–water partition coefficient (Wildman–Crippen LogP) is 2.00. The van der Waals surface area contributed by atoms with Crippen LogP contribution in [0.25, 0.3) is 0 Å². The first-order chi connectivity index (χ1) is 9.15. The van der Waals surface area contributed by atoms with Crippen LogP contribution in [0.15, 0.2) is 18.2 Å². The zero-order valence-corrected chi connectivity index (χ0v) is 11.8. The van der Waals surface area contributed by atoms with E-state index in [-0.39, 0.29) is 11.8 Å². The number of carbonyl (C=O) groups is 1. The average Bonchev–Trinajstić information content (AvgIpc) is 2.44. The van der Waals surface area contributed by atoms with Crippen LogP contribution in [0.4, 0.5) is 11.4 Å². The van der Waals surface area contributed by atoms with Gasteiger partial charge in [0, 0.05) is 30.9 Å². The molecule has 1 aliphatic rings. The van der Waals surface area contributed by atoms with Gasteiger partial charge in [-0.3, -0.25) is 4.79 Å². The second kappa shape index (κ2) is 6.26. The van der Waals surface area contributed by atoms with Crippen LogP contribution < -0.4 is 10.2 Å². The number of aliphatic hydroxyl groups excluding tert-OH is 1. The fourth-order valence-electron chi connectivity index (χ4n) is 2.31. The molecule has 1 heterocycles. The van der Waals surface area contributed by atoms with E-state index in [1.807, 2.05) is 30.0 Å². The topological polar surface area (TPSA) is 52.6 Å². The van der Waals surface area contributed by atoms with Crippen molar-refractivity contribution < 1.29 is 9.90 Å². The first-order valence-corrected chi connectivity index (χ1v) is 7.10. The van der Waals surface area contributed by atoms with E-state index in [0.717, 1.165) is 17.8 Å². The lowest BCUT2D eigenvalue weighted by atomic mass is 10.0. The number of nitrogens with one attached hydrogen (secondary N) is 1. The number of hydrogen-bond donors (Lipinski definition) is 2. The molecule has 0 saturated heterocycles. The highest BCUT2D eigenvalue weighted by atomic mass is 35.5. The molecular formula is C14H19ClN2O2.